The fourth-order valence-electron chi connectivity index (χ4n) is 3.57. The zero-order chi connectivity index (χ0) is 23.7. The second-order valence-corrected chi connectivity index (χ2v) is 8.80. The summed E-state index contributed by atoms with van der Waals surface area (Å²) >= 11 is 1.38. The van der Waals surface area contributed by atoms with Gasteiger partial charge in [-0.2, -0.15) is 0 Å². The summed E-state index contributed by atoms with van der Waals surface area (Å²) in [7, 11) is 0. The van der Waals surface area contributed by atoms with Crippen LogP contribution in [0.15, 0.2) is 59.7 Å². The first-order valence-electron chi connectivity index (χ1n) is 10.2. The molecule has 0 spiro atoms. The molecule has 0 saturated carbocycles. The van der Waals surface area contributed by atoms with Gasteiger partial charge in [0.25, 0.3) is 5.56 Å². The number of fused-ring (bicyclic) bond motifs is 1. The average Bonchev–Trinajstić information content (AvgIpc) is 3.12. The minimum absolute atomic E-state index is 0.189. The number of aromatic nitrogens is 2. The molecule has 4 rings (SSSR count). The number of carbonyl (C=O) groups is 2. The Bertz CT molecular complexity index is 1410. The molecule has 0 fully saturated rings. The van der Waals surface area contributed by atoms with Crippen molar-refractivity contribution >= 4 is 44.7 Å². The lowest BCUT2D eigenvalue weighted by molar-refractivity contribution is -0.119. The van der Waals surface area contributed by atoms with Crippen molar-refractivity contribution in [1.82, 2.24) is 9.55 Å². The summed E-state index contributed by atoms with van der Waals surface area (Å²) in [6.07, 6.45) is 1.37. The van der Waals surface area contributed by atoms with Crippen molar-refractivity contribution in [2.24, 2.45) is 0 Å². The molecule has 1 atom stereocenters. The van der Waals surface area contributed by atoms with Crippen molar-refractivity contribution in [1.29, 1.82) is 0 Å². The Morgan fingerprint density at radius 1 is 1.03 bits per heavy atom. The number of nitrogens with zero attached hydrogens (tertiary/aromatic N) is 2. The molecule has 0 radical (unpaired) electrons. The van der Waals surface area contributed by atoms with E-state index < -0.39 is 6.04 Å². The Kier molecular flexibility index (Phi) is 6.06. The van der Waals surface area contributed by atoms with Crippen LogP contribution in [0.4, 0.5) is 15.8 Å². The Balaban J connectivity index is 1.65. The number of carbonyl (C=O) groups excluding carboxylic acids is 2. The molecule has 2 heterocycles. The zero-order valence-electron chi connectivity index (χ0n) is 18.2. The SMILES string of the molecule is CC(=O)Nc1ccc(NC(=O)C(C)n2cnc3sc(C)c(-c4ccc(F)cc4)c3c2=O)cc1. The largest absolute Gasteiger partial charge is 0.326 e. The molecule has 33 heavy (non-hydrogen) atoms. The van der Waals surface area contributed by atoms with Gasteiger partial charge in [0.1, 0.15) is 16.7 Å². The summed E-state index contributed by atoms with van der Waals surface area (Å²) in [6, 6.07) is 11.8. The molecule has 0 aliphatic carbocycles. The molecular formula is C24H21FN4O3S. The fraction of sp³-hybridized carbons (Fsp3) is 0.167. The number of nitrogens with one attached hydrogen (secondary N) is 2. The molecule has 1 unspecified atom stereocenters. The lowest BCUT2D eigenvalue weighted by Gasteiger charge is -2.15. The van der Waals surface area contributed by atoms with Gasteiger partial charge in [0, 0.05) is 28.7 Å². The molecule has 0 bridgehead atoms. The van der Waals surface area contributed by atoms with Gasteiger partial charge in [0.2, 0.25) is 11.8 Å². The van der Waals surface area contributed by atoms with Crippen molar-refractivity contribution in [2.45, 2.75) is 26.8 Å². The molecule has 4 aromatic rings. The lowest BCUT2D eigenvalue weighted by atomic mass is 10.0. The van der Waals surface area contributed by atoms with Gasteiger partial charge >= 0.3 is 0 Å². The third kappa shape index (κ3) is 4.54. The highest BCUT2D eigenvalue weighted by atomic mass is 32.1. The summed E-state index contributed by atoms with van der Waals surface area (Å²) in [4.78, 5) is 43.2. The molecule has 7 nitrogen and oxygen atoms in total. The van der Waals surface area contributed by atoms with Crippen molar-refractivity contribution in [3.8, 4) is 11.1 Å². The number of benzene rings is 2. The van der Waals surface area contributed by atoms with E-state index >= 15 is 0 Å². The number of hydrogen-bond acceptors (Lipinski definition) is 5. The maximum absolute atomic E-state index is 13.4. The van der Waals surface area contributed by atoms with Crippen molar-refractivity contribution in [3.05, 3.63) is 75.9 Å². The molecule has 9 heteroatoms. The van der Waals surface area contributed by atoms with Crippen LogP contribution < -0.4 is 16.2 Å². The van der Waals surface area contributed by atoms with E-state index in [0.717, 1.165) is 4.88 Å². The number of anilines is 2. The standard InChI is InChI=1S/C24H21FN4O3S/c1-13(22(31)28-19-10-8-18(9-11-19)27-15(3)30)29-12-26-23-21(24(29)32)20(14(2)33-23)16-4-6-17(25)7-5-16/h4-13H,1-3H3,(H,27,30)(H,28,31). The number of hydrogen-bond donors (Lipinski definition) is 2. The van der Waals surface area contributed by atoms with Crippen LogP contribution in [0.3, 0.4) is 0 Å². The van der Waals surface area contributed by atoms with Crippen molar-refractivity contribution in [3.63, 3.8) is 0 Å². The van der Waals surface area contributed by atoms with E-state index in [1.165, 1.54) is 41.3 Å². The number of amides is 2. The van der Waals surface area contributed by atoms with Gasteiger partial charge in [-0.1, -0.05) is 12.1 Å². The lowest BCUT2D eigenvalue weighted by Crippen LogP contribution is -2.31. The van der Waals surface area contributed by atoms with E-state index in [0.29, 0.717) is 32.7 Å². The van der Waals surface area contributed by atoms with Gasteiger partial charge in [-0.05, 0) is 55.8 Å². The second kappa shape index (κ2) is 8.95. The molecule has 2 aromatic carbocycles. The van der Waals surface area contributed by atoms with Gasteiger partial charge in [-0.15, -0.1) is 11.3 Å². The smallest absolute Gasteiger partial charge is 0.263 e. The van der Waals surface area contributed by atoms with Crippen LogP contribution in [-0.4, -0.2) is 21.4 Å². The van der Waals surface area contributed by atoms with Crippen LogP contribution in [0.5, 0.6) is 0 Å². The van der Waals surface area contributed by atoms with E-state index in [1.54, 1.807) is 43.3 Å². The highest BCUT2D eigenvalue weighted by Crippen LogP contribution is 2.35. The normalized spacial score (nSPS) is 11.9. The summed E-state index contributed by atoms with van der Waals surface area (Å²) in [5, 5.41) is 5.84. The van der Waals surface area contributed by atoms with Crippen LogP contribution in [0, 0.1) is 12.7 Å². The molecule has 168 valence electrons. The number of rotatable bonds is 5. The maximum atomic E-state index is 13.4. The molecular weight excluding hydrogens is 443 g/mol. The van der Waals surface area contributed by atoms with E-state index in [9.17, 15) is 18.8 Å². The van der Waals surface area contributed by atoms with Gasteiger partial charge in [0.15, 0.2) is 0 Å². The minimum Gasteiger partial charge on any atom is -0.326 e. The average molecular weight is 465 g/mol. The first-order valence-corrected chi connectivity index (χ1v) is 11.0. The fourth-order valence-corrected chi connectivity index (χ4v) is 4.57. The van der Waals surface area contributed by atoms with Gasteiger partial charge < -0.3 is 10.6 Å². The quantitative estimate of drug-likeness (QED) is 0.447. The third-order valence-electron chi connectivity index (χ3n) is 5.22. The Hall–Kier alpha value is -3.85. The Morgan fingerprint density at radius 3 is 2.24 bits per heavy atom. The molecule has 2 N–H and O–H groups in total. The van der Waals surface area contributed by atoms with Crippen LogP contribution in [0.1, 0.15) is 24.8 Å². The van der Waals surface area contributed by atoms with E-state index in [4.69, 9.17) is 0 Å². The summed E-state index contributed by atoms with van der Waals surface area (Å²) in [5.74, 6) is -0.936. The van der Waals surface area contributed by atoms with E-state index in [2.05, 4.69) is 15.6 Å². The summed E-state index contributed by atoms with van der Waals surface area (Å²) in [5.41, 5.74) is 2.21. The monoisotopic (exact) mass is 464 g/mol. The Morgan fingerprint density at radius 2 is 1.64 bits per heavy atom. The van der Waals surface area contributed by atoms with Crippen molar-refractivity contribution < 1.29 is 14.0 Å². The van der Waals surface area contributed by atoms with Gasteiger partial charge in [-0.3, -0.25) is 19.0 Å². The molecule has 0 saturated heterocycles. The Labute approximate surface area is 192 Å². The van der Waals surface area contributed by atoms with Gasteiger partial charge in [0.05, 0.1) is 11.7 Å². The number of aryl methyl sites for hydroxylation is 1. The number of thiophene rings is 1. The molecule has 2 aromatic heterocycles. The zero-order valence-corrected chi connectivity index (χ0v) is 19.0. The topological polar surface area (TPSA) is 93.1 Å². The van der Waals surface area contributed by atoms with E-state index in [-0.39, 0.29) is 23.2 Å². The first-order chi connectivity index (χ1) is 15.7. The highest BCUT2D eigenvalue weighted by molar-refractivity contribution is 7.19. The van der Waals surface area contributed by atoms with E-state index in [1.807, 2.05) is 6.92 Å². The van der Waals surface area contributed by atoms with Crippen LogP contribution >= 0.6 is 11.3 Å². The van der Waals surface area contributed by atoms with Crippen LogP contribution in [0.25, 0.3) is 21.3 Å². The van der Waals surface area contributed by atoms with Crippen molar-refractivity contribution in [2.75, 3.05) is 10.6 Å². The summed E-state index contributed by atoms with van der Waals surface area (Å²) in [6.45, 7) is 4.92. The molecule has 0 aliphatic rings. The molecule has 2 amide bonds. The molecule has 0 aliphatic heterocycles. The third-order valence-corrected chi connectivity index (χ3v) is 6.23. The minimum atomic E-state index is -0.828. The van der Waals surface area contributed by atoms with Crippen LogP contribution in [-0.2, 0) is 9.59 Å². The predicted molar refractivity (Wildman–Crippen MR) is 128 cm³/mol. The first kappa shape index (κ1) is 22.3. The predicted octanol–water partition coefficient (Wildman–Crippen LogP) is 4.73. The summed E-state index contributed by atoms with van der Waals surface area (Å²) < 4.78 is 14.7. The van der Waals surface area contributed by atoms with Gasteiger partial charge in [-0.25, -0.2) is 9.37 Å². The maximum Gasteiger partial charge on any atom is 0.263 e. The number of halogens is 1. The highest BCUT2D eigenvalue weighted by Gasteiger charge is 2.22. The second-order valence-electron chi connectivity index (χ2n) is 7.60. The van der Waals surface area contributed by atoms with Crippen LogP contribution in [0.2, 0.25) is 0 Å².